The Balaban J connectivity index is 0.000000497. The third-order valence-electron chi connectivity index (χ3n) is 2.77. The van der Waals surface area contributed by atoms with Gasteiger partial charge < -0.3 is 5.32 Å². The third kappa shape index (κ3) is 5.66. The number of rotatable bonds is 4. The summed E-state index contributed by atoms with van der Waals surface area (Å²) in [6.07, 6.45) is 13.6. The monoisotopic (exact) mass is 374 g/mol. The number of nitrogens with zero attached hydrogens (tertiary/aromatic N) is 5. The van der Waals surface area contributed by atoms with Crippen molar-refractivity contribution in [3.8, 4) is 0 Å². The van der Waals surface area contributed by atoms with Crippen LogP contribution >= 0.6 is 19.4 Å². The molecule has 0 radical (unpaired) electrons. The second kappa shape index (κ2) is 9.03. The Morgan fingerprint density at radius 3 is 2.43 bits per heavy atom. The summed E-state index contributed by atoms with van der Waals surface area (Å²) in [5, 5.41) is 13.1. The van der Waals surface area contributed by atoms with Crippen LogP contribution in [0.2, 0.25) is 0 Å². The average molecular weight is 377 g/mol. The van der Waals surface area contributed by atoms with Gasteiger partial charge in [0, 0.05) is 37.9 Å². The van der Waals surface area contributed by atoms with E-state index in [4.69, 9.17) is 19.4 Å². The fraction of sp³-hybridized carbons (Fsp3) is 0.231. The van der Waals surface area contributed by atoms with Gasteiger partial charge in [0.05, 0.1) is 0 Å². The zero-order valence-corrected chi connectivity index (χ0v) is 15.9. The maximum absolute atomic E-state index is 4.95. The van der Waals surface area contributed by atoms with Crippen molar-refractivity contribution in [3.05, 3.63) is 66.2 Å². The van der Waals surface area contributed by atoms with Gasteiger partial charge in [-0.25, -0.2) is 0 Å². The molecular formula is C13H14Cl2N5Zn-. The van der Waals surface area contributed by atoms with Gasteiger partial charge in [-0.15, -0.1) is 5.70 Å². The first-order valence-corrected chi connectivity index (χ1v) is 14.3. The first kappa shape index (κ1) is 16.3. The summed E-state index contributed by atoms with van der Waals surface area (Å²) in [6.45, 7) is 1.49. The van der Waals surface area contributed by atoms with Gasteiger partial charge in [0.25, 0.3) is 0 Å². The number of hydrogen-bond acceptors (Lipinski definition) is 2. The Morgan fingerprint density at radius 2 is 1.81 bits per heavy atom. The van der Waals surface area contributed by atoms with Crippen molar-refractivity contribution in [1.29, 1.82) is 0 Å². The van der Waals surface area contributed by atoms with E-state index in [0.717, 1.165) is 12.2 Å². The molecule has 0 saturated carbocycles. The Hall–Kier alpha value is -1.10. The molecule has 3 rings (SSSR count). The van der Waals surface area contributed by atoms with Gasteiger partial charge in [-0.3, -0.25) is 9.36 Å². The summed E-state index contributed by atoms with van der Waals surface area (Å²) < 4.78 is 3.77. The van der Waals surface area contributed by atoms with E-state index >= 15 is 0 Å². The van der Waals surface area contributed by atoms with Gasteiger partial charge in [0.2, 0.25) is 0 Å². The average Bonchev–Trinajstić information content (AvgIpc) is 3.14. The predicted molar refractivity (Wildman–Crippen MR) is 80.5 cm³/mol. The van der Waals surface area contributed by atoms with E-state index in [9.17, 15) is 0 Å². The SMILES string of the molecule is C1=CC(Cn2cccn2)[N-]C(Cn2cccn2)=C1.[Cl][Zn][Cl]. The van der Waals surface area contributed by atoms with E-state index in [1.807, 2.05) is 40.0 Å². The molecule has 2 aromatic rings. The molecule has 1 unspecified atom stereocenters. The molecule has 0 spiro atoms. The molecule has 1 aliphatic rings. The molecule has 2 aromatic heterocycles. The quantitative estimate of drug-likeness (QED) is 0.768. The van der Waals surface area contributed by atoms with E-state index in [1.165, 1.54) is 0 Å². The van der Waals surface area contributed by atoms with Crippen LogP contribution in [0, 0.1) is 0 Å². The summed E-state index contributed by atoms with van der Waals surface area (Å²) in [6, 6.07) is 3.99. The number of allylic oxidation sites excluding steroid dienone is 3. The van der Waals surface area contributed by atoms with Crippen LogP contribution in [0.25, 0.3) is 5.32 Å². The van der Waals surface area contributed by atoms with Crippen molar-refractivity contribution in [3.63, 3.8) is 0 Å². The summed E-state index contributed by atoms with van der Waals surface area (Å²) in [5.41, 5.74) is 1.04. The molecule has 5 nitrogen and oxygen atoms in total. The minimum absolute atomic E-state index is 0.153. The van der Waals surface area contributed by atoms with Gasteiger partial charge in [-0.2, -0.15) is 10.2 Å². The van der Waals surface area contributed by atoms with E-state index in [-0.39, 0.29) is 6.04 Å². The van der Waals surface area contributed by atoms with Crippen molar-refractivity contribution in [1.82, 2.24) is 19.6 Å². The minimum atomic E-state index is -0.931. The Labute approximate surface area is 139 Å². The Kier molecular flexibility index (Phi) is 7.00. The van der Waals surface area contributed by atoms with Gasteiger partial charge in [-0.1, -0.05) is 24.3 Å². The van der Waals surface area contributed by atoms with Crippen LogP contribution in [-0.4, -0.2) is 25.6 Å². The van der Waals surface area contributed by atoms with Crippen LogP contribution in [0.1, 0.15) is 0 Å². The molecule has 8 heteroatoms. The molecule has 0 saturated heterocycles. The van der Waals surface area contributed by atoms with Crippen LogP contribution in [0.5, 0.6) is 0 Å². The number of aromatic nitrogens is 4. The standard InChI is InChI=1S/C13H14N5.2ClH.Zn/c1-4-12(10-17-8-2-6-14-17)16-13(5-1)11-18-9-3-7-15-18;;;/h1-9,12H,10-11H2;2*1H;/q-1;;;+2/p-2. The molecule has 0 fully saturated rings. The molecular weight excluding hydrogens is 362 g/mol. The van der Waals surface area contributed by atoms with Crippen LogP contribution in [0.4, 0.5) is 0 Å². The molecule has 0 bridgehead atoms. The van der Waals surface area contributed by atoms with Crippen molar-refractivity contribution < 1.29 is 15.1 Å². The van der Waals surface area contributed by atoms with Crippen molar-refractivity contribution in [2.75, 3.05) is 0 Å². The summed E-state index contributed by atoms with van der Waals surface area (Å²) in [7, 11) is 9.90. The molecule has 21 heavy (non-hydrogen) atoms. The zero-order chi connectivity index (χ0) is 14.9. The second-order valence-electron chi connectivity index (χ2n) is 4.27. The van der Waals surface area contributed by atoms with Gasteiger partial charge in [0.15, 0.2) is 0 Å². The van der Waals surface area contributed by atoms with Crippen LogP contribution in [0.3, 0.4) is 0 Å². The van der Waals surface area contributed by atoms with Crippen molar-refractivity contribution >= 4 is 19.4 Å². The molecule has 0 amide bonds. The fourth-order valence-electron chi connectivity index (χ4n) is 1.95. The third-order valence-corrected chi connectivity index (χ3v) is 2.77. The fourth-order valence-corrected chi connectivity index (χ4v) is 1.95. The zero-order valence-electron chi connectivity index (χ0n) is 11.4. The van der Waals surface area contributed by atoms with Gasteiger partial charge in [-0.05, 0) is 12.1 Å². The van der Waals surface area contributed by atoms with E-state index in [0.29, 0.717) is 6.54 Å². The van der Waals surface area contributed by atoms with Crippen molar-refractivity contribution in [2.24, 2.45) is 0 Å². The van der Waals surface area contributed by atoms with Gasteiger partial charge >= 0.3 is 34.5 Å². The molecule has 0 aliphatic carbocycles. The molecule has 1 aliphatic heterocycles. The summed E-state index contributed by atoms with van der Waals surface area (Å²) in [4.78, 5) is 0. The number of halogens is 2. The Morgan fingerprint density at radius 1 is 1.14 bits per heavy atom. The first-order valence-electron chi connectivity index (χ1n) is 6.47. The summed E-state index contributed by atoms with van der Waals surface area (Å²) in [5.74, 6) is 0. The first-order chi connectivity index (χ1) is 10.3. The molecule has 0 aromatic carbocycles. The predicted octanol–water partition coefficient (Wildman–Crippen LogP) is 3.35. The summed E-state index contributed by atoms with van der Waals surface area (Å²) >= 11 is -0.931. The second-order valence-corrected chi connectivity index (χ2v) is 8.90. The van der Waals surface area contributed by atoms with E-state index < -0.39 is 15.1 Å². The van der Waals surface area contributed by atoms with Gasteiger partial charge in [0.1, 0.15) is 0 Å². The topological polar surface area (TPSA) is 49.7 Å². The normalized spacial score (nSPS) is 16.3. The molecule has 1 atom stereocenters. The van der Waals surface area contributed by atoms with E-state index in [2.05, 4.69) is 27.7 Å². The van der Waals surface area contributed by atoms with Crippen LogP contribution < -0.4 is 0 Å². The van der Waals surface area contributed by atoms with Crippen LogP contribution in [0.15, 0.2) is 60.8 Å². The maximum atomic E-state index is 4.95. The molecule has 3 heterocycles. The van der Waals surface area contributed by atoms with Crippen molar-refractivity contribution in [2.45, 2.75) is 19.1 Å². The molecule has 108 valence electrons. The Bertz CT molecular complexity index is 565. The molecule has 0 N–H and O–H groups in total. The van der Waals surface area contributed by atoms with Crippen LogP contribution in [-0.2, 0) is 28.2 Å². The van der Waals surface area contributed by atoms with E-state index in [1.54, 1.807) is 12.4 Å². The number of hydrogen-bond donors (Lipinski definition) is 0.